The number of fused-ring (bicyclic) bond motifs is 2. The van der Waals surface area contributed by atoms with Crippen LogP contribution in [0.25, 0.3) is 38.0 Å². The van der Waals surface area contributed by atoms with Gasteiger partial charge in [0.25, 0.3) is 23.1 Å². The number of nitrogens with one attached hydrogen (secondary N) is 1. The standard InChI is InChI=1S/C39H39N7O7.2ClH/c1-41(2)17-8-21-44-37(49)28-14-15-30(33-34(28)45(39(44)51)31-13-5-4-11-26(31)35(33)47)40-16-7-18-42(3)19-9-20-43-36(48)27-12-6-10-24-22-25(46(52)53)23-29(32(24)27)38(43)50;;/h4-6,10-15,22-23,40H,7-9,16-21H2,1-3H3;2*1H. The number of carbonyl (C=O) groups excluding carboxylic acids is 2. The third-order valence-corrected chi connectivity index (χ3v) is 9.98. The van der Waals surface area contributed by atoms with E-state index in [4.69, 9.17) is 0 Å². The molecule has 7 rings (SSSR count). The molecule has 0 unspecified atom stereocenters. The van der Waals surface area contributed by atoms with Gasteiger partial charge < -0.3 is 15.1 Å². The van der Waals surface area contributed by atoms with Crippen molar-refractivity contribution < 1.29 is 14.5 Å². The maximum atomic E-state index is 13.9. The Kier molecular flexibility index (Phi) is 12.3. The normalized spacial score (nSPS) is 12.6. The molecule has 2 aromatic heterocycles. The highest BCUT2D eigenvalue weighted by atomic mass is 35.5. The maximum absolute atomic E-state index is 13.9. The van der Waals surface area contributed by atoms with Gasteiger partial charge in [0.15, 0.2) is 5.43 Å². The first-order valence-electron chi connectivity index (χ1n) is 17.6. The maximum Gasteiger partial charge on any atom is 0.336 e. The molecule has 6 aromatic rings. The Labute approximate surface area is 327 Å². The molecule has 0 spiro atoms. The van der Waals surface area contributed by atoms with Gasteiger partial charge in [-0.2, -0.15) is 0 Å². The van der Waals surface area contributed by atoms with Crippen LogP contribution in [0.5, 0.6) is 0 Å². The number of amides is 2. The molecule has 0 radical (unpaired) electrons. The number of nitro benzene ring substituents is 1. The number of anilines is 1. The largest absolute Gasteiger partial charge is 0.384 e. The summed E-state index contributed by atoms with van der Waals surface area (Å²) in [5, 5.41) is 16.8. The fourth-order valence-corrected chi connectivity index (χ4v) is 7.42. The Balaban J connectivity index is 0.00000290. The van der Waals surface area contributed by atoms with Crippen LogP contribution in [-0.4, -0.2) is 94.3 Å². The van der Waals surface area contributed by atoms with E-state index in [-0.39, 0.29) is 54.6 Å². The minimum absolute atomic E-state index is 0. The molecule has 0 aliphatic carbocycles. The second-order valence-electron chi connectivity index (χ2n) is 13.8. The first kappa shape index (κ1) is 40.8. The van der Waals surface area contributed by atoms with Crippen molar-refractivity contribution in [3.05, 3.63) is 119 Å². The second-order valence-corrected chi connectivity index (χ2v) is 13.8. The lowest BCUT2D eigenvalue weighted by Gasteiger charge is -2.27. The van der Waals surface area contributed by atoms with E-state index in [0.717, 1.165) is 4.90 Å². The molecule has 2 amide bonds. The first-order chi connectivity index (χ1) is 25.5. The fraction of sp³-hybridized carbons (Fsp3) is 0.308. The summed E-state index contributed by atoms with van der Waals surface area (Å²) in [5.41, 5.74) is 0.451. The van der Waals surface area contributed by atoms with Gasteiger partial charge in [-0.15, -0.1) is 24.8 Å². The Morgan fingerprint density at radius 2 is 1.45 bits per heavy atom. The lowest BCUT2D eigenvalue weighted by molar-refractivity contribution is -0.384. The summed E-state index contributed by atoms with van der Waals surface area (Å²) in [7, 11) is 5.80. The highest BCUT2D eigenvalue weighted by Crippen LogP contribution is 2.33. The molecule has 55 heavy (non-hydrogen) atoms. The van der Waals surface area contributed by atoms with Gasteiger partial charge in [0.05, 0.1) is 32.3 Å². The number of hydrogen-bond donors (Lipinski definition) is 1. The topological polar surface area (TPSA) is 160 Å². The van der Waals surface area contributed by atoms with Crippen LogP contribution in [-0.2, 0) is 6.54 Å². The number of nitro groups is 1. The van der Waals surface area contributed by atoms with E-state index in [2.05, 4.69) is 10.2 Å². The van der Waals surface area contributed by atoms with Crippen LogP contribution in [0.2, 0.25) is 0 Å². The van der Waals surface area contributed by atoms with Crippen molar-refractivity contribution in [3.63, 3.8) is 0 Å². The number of halogens is 2. The fourth-order valence-electron chi connectivity index (χ4n) is 7.42. The monoisotopic (exact) mass is 789 g/mol. The van der Waals surface area contributed by atoms with Gasteiger partial charge in [-0.25, -0.2) is 4.79 Å². The minimum Gasteiger partial charge on any atom is -0.384 e. The number of hydrogen-bond acceptors (Lipinski definition) is 10. The van der Waals surface area contributed by atoms with E-state index in [9.17, 15) is 34.1 Å². The van der Waals surface area contributed by atoms with Crippen LogP contribution in [0.1, 0.15) is 40.0 Å². The molecule has 288 valence electrons. The van der Waals surface area contributed by atoms with Crippen LogP contribution in [0.3, 0.4) is 0 Å². The van der Waals surface area contributed by atoms with Crippen molar-refractivity contribution in [2.45, 2.75) is 25.8 Å². The number of para-hydroxylation sites is 1. The van der Waals surface area contributed by atoms with Crippen molar-refractivity contribution in [2.24, 2.45) is 0 Å². The highest BCUT2D eigenvalue weighted by Gasteiger charge is 2.34. The molecule has 0 bridgehead atoms. The Hall–Kier alpha value is -5.41. The van der Waals surface area contributed by atoms with Gasteiger partial charge in [0, 0.05) is 53.8 Å². The van der Waals surface area contributed by atoms with Crippen molar-refractivity contribution in [2.75, 3.05) is 59.2 Å². The van der Waals surface area contributed by atoms with Crippen LogP contribution in [0.15, 0.2) is 81.1 Å². The first-order valence-corrected chi connectivity index (χ1v) is 17.6. The number of rotatable bonds is 14. The predicted octanol–water partition coefficient (Wildman–Crippen LogP) is 4.84. The molecule has 4 aromatic carbocycles. The zero-order valence-electron chi connectivity index (χ0n) is 30.6. The minimum atomic E-state index is -0.544. The molecule has 0 atom stereocenters. The SMILES string of the molecule is CN(C)CCCn1c(=O)c2ccc(NCCCN(C)CCCN3C(=O)c4cccc5cc([N+](=O)[O-])cc(c45)C3=O)c3c(=O)c4ccccc4n(c1=O)c23.Cl.Cl. The molecule has 0 fully saturated rings. The Bertz CT molecular complexity index is 2640. The third kappa shape index (κ3) is 7.37. The lowest BCUT2D eigenvalue weighted by atomic mass is 9.93. The molecule has 14 nitrogen and oxygen atoms in total. The summed E-state index contributed by atoms with van der Waals surface area (Å²) in [5.74, 6) is -0.960. The Morgan fingerprint density at radius 1 is 0.745 bits per heavy atom. The molecular weight excluding hydrogens is 749 g/mol. The summed E-state index contributed by atoms with van der Waals surface area (Å²) in [6.45, 7) is 2.84. The van der Waals surface area contributed by atoms with E-state index in [0.29, 0.717) is 94.7 Å². The summed E-state index contributed by atoms with van der Waals surface area (Å²) in [6, 6.07) is 17.9. The predicted molar refractivity (Wildman–Crippen MR) is 219 cm³/mol. The van der Waals surface area contributed by atoms with E-state index in [1.165, 1.54) is 21.1 Å². The number of carbonyl (C=O) groups is 2. The summed E-state index contributed by atoms with van der Waals surface area (Å²) >= 11 is 0. The van der Waals surface area contributed by atoms with E-state index >= 15 is 0 Å². The van der Waals surface area contributed by atoms with Gasteiger partial charge in [0.2, 0.25) is 0 Å². The zero-order chi connectivity index (χ0) is 37.6. The molecular formula is C39H41Cl2N7O7. The van der Waals surface area contributed by atoms with Crippen LogP contribution >= 0.6 is 24.8 Å². The molecule has 16 heteroatoms. The number of pyridine rings is 1. The van der Waals surface area contributed by atoms with Crippen molar-refractivity contribution in [1.82, 2.24) is 23.7 Å². The quantitative estimate of drug-likeness (QED) is 0.0404. The molecule has 1 aliphatic heterocycles. The summed E-state index contributed by atoms with van der Waals surface area (Å²) in [6.07, 6.45) is 1.79. The van der Waals surface area contributed by atoms with Gasteiger partial charge in [-0.05, 0) is 95.8 Å². The summed E-state index contributed by atoms with van der Waals surface area (Å²) < 4.78 is 2.75. The molecule has 0 saturated heterocycles. The van der Waals surface area contributed by atoms with Gasteiger partial charge in [-0.3, -0.25) is 43.2 Å². The number of non-ortho nitro benzene ring substituents is 1. The highest BCUT2D eigenvalue weighted by molar-refractivity contribution is 6.25. The van der Waals surface area contributed by atoms with Crippen LogP contribution < -0.4 is 22.0 Å². The van der Waals surface area contributed by atoms with E-state index in [1.54, 1.807) is 54.6 Å². The zero-order valence-corrected chi connectivity index (χ0v) is 32.2. The van der Waals surface area contributed by atoms with Crippen LogP contribution in [0, 0.1) is 10.1 Å². The van der Waals surface area contributed by atoms with Gasteiger partial charge in [0.1, 0.15) is 0 Å². The van der Waals surface area contributed by atoms with E-state index in [1.807, 2.05) is 26.0 Å². The summed E-state index contributed by atoms with van der Waals surface area (Å²) in [4.78, 5) is 84.3. The second kappa shape index (κ2) is 16.5. The molecule has 3 heterocycles. The van der Waals surface area contributed by atoms with Gasteiger partial charge >= 0.3 is 5.69 Å². The van der Waals surface area contributed by atoms with Crippen LogP contribution in [0.4, 0.5) is 11.4 Å². The number of benzene rings is 4. The Morgan fingerprint density at radius 3 is 2.20 bits per heavy atom. The van der Waals surface area contributed by atoms with Crippen molar-refractivity contribution in [3.8, 4) is 0 Å². The lowest BCUT2D eigenvalue weighted by Crippen LogP contribution is -2.41. The number of nitrogens with zero attached hydrogens (tertiary/aromatic N) is 6. The molecule has 0 saturated carbocycles. The van der Waals surface area contributed by atoms with E-state index < -0.39 is 28.0 Å². The third-order valence-electron chi connectivity index (χ3n) is 9.98. The van der Waals surface area contributed by atoms with Crippen molar-refractivity contribution in [1.29, 1.82) is 0 Å². The number of aromatic nitrogens is 2. The molecule has 1 N–H and O–H groups in total. The number of imide groups is 1. The average Bonchev–Trinajstić information content (AvgIpc) is 3.14. The molecule has 1 aliphatic rings. The smallest absolute Gasteiger partial charge is 0.336 e. The average molecular weight is 791 g/mol. The van der Waals surface area contributed by atoms with Gasteiger partial charge in [-0.1, -0.05) is 24.3 Å². The van der Waals surface area contributed by atoms with Crippen molar-refractivity contribution >= 4 is 86.0 Å².